The normalized spacial score (nSPS) is 15.8. The van der Waals surface area contributed by atoms with Crippen LogP contribution in [0.2, 0.25) is 0 Å². The van der Waals surface area contributed by atoms with Crippen LogP contribution in [0.25, 0.3) is 27.8 Å². The number of benzene rings is 2. The Bertz CT molecular complexity index is 1840. The summed E-state index contributed by atoms with van der Waals surface area (Å²) in [5.41, 5.74) is -0.490. The predicted octanol–water partition coefficient (Wildman–Crippen LogP) is 4.66. The van der Waals surface area contributed by atoms with Crippen molar-refractivity contribution in [2.45, 2.75) is 25.3 Å². The molecule has 200 valence electrons. The van der Waals surface area contributed by atoms with Crippen molar-refractivity contribution >= 4 is 40.6 Å². The monoisotopic (exact) mass is 545 g/mol. The molecule has 0 spiro atoms. The number of rotatable bonds is 7. The fraction of sp³-hybridized carbons (Fsp3) is 0.185. The predicted molar refractivity (Wildman–Crippen MR) is 135 cm³/mol. The zero-order chi connectivity index (χ0) is 27.7. The minimum atomic E-state index is -3.26. The van der Waals surface area contributed by atoms with Gasteiger partial charge in [0.15, 0.2) is 11.5 Å². The van der Waals surface area contributed by atoms with Crippen molar-refractivity contribution in [3.8, 4) is 11.3 Å². The Morgan fingerprint density at radius 1 is 1.05 bits per heavy atom. The number of aromatic amines is 1. The number of nitrogens with zero attached hydrogens (tertiary/aromatic N) is 5. The van der Waals surface area contributed by atoms with Gasteiger partial charge in [-0.1, -0.05) is 12.1 Å². The van der Waals surface area contributed by atoms with E-state index in [0.717, 1.165) is 4.90 Å². The third-order valence-electron chi connectivity index (χ3n) is 7.41. The maximum absolute atomic E-state index is 16.5. The first-order chi connectivity index (χ1) is 19.4. The van der Waals surface area contributed by atoms with Crippen molar-refractivity contribution in [1.29, 1.82) is 0 Å². The Morgan fingerprint density at radius 2 is 1.77 bits per heavy atom. The number of halogens is 3. The number of carbonyl (C=O) groups is 3. The molecule has 5 aromatic rings. The molecule has 10 nitrogen and oxygen atoms in total. The lowest BCUT2D eigenvalue weighted by Gasteiger charge is -2.28. The number of amides is 3. The van der Waals surface area contributed by atoms with Crippen LogP contribution in [0.3, 0.4) is 0 Å². The first-order valence-corrected chi connectivity index (χ1v) is 12.4. The summed E-state index contributed by atoms with van der Waals surface area (Å²) in [4.78, 5) is 47.0. The van der Waals surface area contributed by atoms with E-state index >= 15 is 4.39 Å². The van der Waals surface area contributed by atoms with E-state index in [0.29, 0.717) is 24.9 Å². The SMILES string of the molecule is O=CNc1cn2cc(-c3c(C(F)F)c(F)c(C(C4CC4)N4C(=O)c5ccccc5C4=O)c4[nH]ncc34)ncc2n1. The van der Waals surface area contributed by atoms with Crippen LogP contribution in [-0.4, -0.2) is 47.7 Å². The second-order valence-electron chi connectivity index (χ2n) is 9.71. The lowest BCUT2D eigenvalue weighted by Crippen LogP contribution is -2.36. The number of imidazole rings is 1. The minimum absolute atomic E-state index is 0.0124. The standard InChI is InChI=1S/C27H18F3N7O3/c28-22-20(25(29)30)19(16-9-36-10-17(32-11-38)34-18(36)8-31-16)15-7-33-35-23(15)21(22)24(12-5-6-12)37-26(39)13-3-1-2-4-14(13)27(37)40/h1-4,7-12,24-25H,5-6H2,(H,32,38)(H,33,35). The van der Waals surface area contributed by atoms with Crippen LogP contribution in [-0.2, 0) is 4.79 Å². The average Bonchev–Trinajstić information content (AvgIpc) is 3.43. The number of alkyl halides is 2. The quantitative estimate of drug-likeness (QED) is 0.226. The Hall–Kier alpha value is -5.07. The molecule has 1 fully saturated rings. The molecule has 3 aromatic heterocycles. The highest BCUT2D eigenvalue weighted by Crippen LogP contribution is 2.51. The smallest absolute Gasteiger partial charge is 0.267 e. The van der Waals surface area contributed by atoms with Crippen molar-refractivity contribution in [3.63, 3.8) is 0 Å². The number of fused-ring (bicyclic) bond motifs is 3. The Kier molecular flexibility index (Phi) is 5.24. The molecule has 0 radical (unpaired) electrons. The molecule has 1 aliphatic heterocycles. The van der Waals surface area contributed by atoms with Gasteiger partial charge in [0.2, 0.25) is 6.41 Å². The number of anilines is 1. The highest BCUT2D eigenvalue weighted by atomic mass is 19.3. The second kappa shape index (κ2) is 8.73. The van der Waals surface area contributed by atoms with E-state index in [1.165, 1.54) is 41.3 Å². The van der Waals surface area contributed by atoms with Crippen LogP contribution in [0.5, 0.6) is 0 Å². The fourth-order valence-corrected chi connectivity index (χ4v) is 5.56. The molecule has 40 heavy (non-hydrogen) atoms. The van der Waals surface area contributed by atoms with Crippen molar-refractivity contribution < 1.29 is 27.6 Å². The van der Waals surface area contributed by atoms with Gasteiger partial charge in [0, 0.05) is 22.7 Å². The lowest BCUT2D eigenvalue weighted by atomic mass is 9.90. The fourth-order valence-electron chi connectivity index (χ4n) is 5.56. The minimum Gasteiger partial charge on any atom is -0.312 e. The van der Waals surface area contributed by atoms with E-state index < -0.39 is 35.7 Å². The number of H-pyrrole nitrogens is 1. The molecule has 2 aliphatic rings. The van der Waals surface area contributed by atoms with Crippen LogP contribution in [0, 0.1) is 11.7 Å². The summed E-state index contributed by atoms with van der Waals surface area (Å²) in [5.74, 6) is -2.51. The Labute approximate surface area is 222 Å². The van der Waals surface area contributed by atoms with E-state index in [1.54, 1.807) is 12.1 Å². The molecule has 1 saturated carbocycles. The van der Waals surface area contributed by atoms with Gasteiger partial charge < -0.3 is 9.72 Å². The zero-order valence-corrected chi connectivity index (χ0v) is 20.4. The average molecular weight is 545 g/mol. The van der Waals surface area contributed by atoms with Crippen LogP contribution in [0.4, 0.5) is 19.0 Å². The molecular weight excluding hydrogens is 527 g/mol. The molecule has 13 heteroatoms. The van der Waals surface area contributed by atoms with Gasteiger partial charge in [-0.25, -0.2) is 18.2 Å². The van der Waals surface area contributed by atoms with Crippen LogP contribution in [0.15, 0.2) is 49.1 Å². The van der Waals surface area contributed by atoms with Crippen molar-refractivity contribution in [1.82, 2.24) is 29.5 Å². The van der Waals surface area contributed by atoms with Crippen LogP contribution < -0.4 is 5.32 Å². The van der Waals surface area contributed by atoms with Gasteiger partial charge in [-0.15, -0.1) is 0 Å². The topological polar surface area (TPSA) is 125 Å². The van der Waals surface area contributed by atoms with Crippen molar-refractivity contribution in [2.75, 3.05) is 5.32 Å². The van der Waals surface area contributed by atoms with Crippen LogP contribution >= 0.6 is 0 Å². The van der Waals surface area contributed by atoms with E-state index in [9.17, 15) is 23.2 Å². The molecule has 1 aliphatic carbocycles. The summed E-state index contributed by atoms with van der Waals surface area (Å²) in [5, 5.41) is 9.31. The molecule has 2 aromatic carbocycles. The molecule has 7 rings (SSSR count). The van der Waals surface area contributed by atoms with E-state index in [2.05, 4.69) is 25.5 Å². The summed E-state index contributed by atoms with van der Waals surface area (Å²) in [6.45, 7) is 0. The molecule has 1 atom stereocenters. The first kappa shape index (κ1) is 24.0. The van der Waals surface area contributed by atoms with Crippen molar-refractivity contribution in [2.24, 2.45) is 5.92 Å². The molecule has 2 N–H and O–H groups in total. The third kappa shape index (κ3) is 3.43. The maximum atomic E-state index is 16.5. The summed E-state index contributed by atoms with van der Waals surface area (Å²) < 4.78 is 47.4. The molecule has 0 saturated heterocycles. The highest BCUT2D eigenvalue weighted by molar-refractivity contribution is 6.21. The van der Waals surface area contributed by atoms with E-state index in [-0.39, 0.29) is 50.6 Å². The molecule has 1 unspecified atom stereocenters. The van der Waals surface area contributed by atoms with Gasteiger partial charge in [-0.3, -0.25) is 29.4 Å². The molecule has 4 heterocycles. The summed E-state index contributed by atoms with van der Waals surface area (Å²) in [6, 6.07) is 5.17. The van der Waals surface area contributed by atoms with E-state index in [4.69, 9.17) is 0 Å². The largest absolute Gasteiger partial charge is 0.312 e. The number of hydrogen-bond acceptors (Lipinski definition) is 6. The van der Waals surface area contributed by atoms with Gasteiger partial charge in [0.25, 0.3) is 18.2 Å². The molecule has 0 bridgehead atoms. The van der Waals surface area contributed by atoms with Gasteiger partial charge in [0.1, 0.15) is 5.82 Å². The maximum Gasteiger partial charge on any atom is 0.267 e. The molecular formula is C27H18F3N7O3. The summed E-state index contributed by atoms with van der Waals surface area (Å²) in [6.07, 6.45) is 3.83. The number of nitrogens with one attached hydrogen (secondary N) is 2. The first-order valence-electron chi connectivity index (χ1n) is 12.4. The third-order valence-corrected chi connectivity index (χ3v) is 7.41. The number of aromatic nitrogens is 5. The molecule has 3 amide bonds. The number of carbonyl (C=O) groups excluding carboxylic acids is 3. The second-order valence-corrected chi connectivity index (χ2v) is 9.71. The van der Waals surface area contributed by atoms with Crippen molar-refractivity contribution in [3.05, 3.63) is 77.1 Å². The summed E-state index contributed by atoms with van der Waals surface area (Å²) in [7, 11) is 0. The Balaban J connectivity index is 1.45. The number of imide groups is 1. The van der Waals surface area contributed by atoms with Gasteiger partial charge in [0.05, 0.1) is 52.5 Å². The van der Waals surface area contributed by atoms with Gasteiger partial charge in [-0.05, 0) is 30.9 Å². The van der Waals surface area contributed by atoms with Gasteiger partial charge in [-0.2, -0.15) is 5.10 Å². The number of hydrogen-bond donors (Lipinski definition) is 2. The van der Waals surface area contributed by atoms with E-state index in [1.807, 2.05) is 0 Å². The zero-order valence-electron chi connectivity index (χ0n) is 20.4. The Morgan fingerprint density at radius 3 is 2.42 bits per heavy atom. The van der Waals surface area contributed by atoms with Gasteiger partial charge >= 0.3 is 0 Å². The lowest BCUT2D eigenvalue weighted by molar-refractivity contribution is -0.105. The van der Waals surface area contributed by atoms with Crippen LogP contribution in [0.1, 0.15) is 57.2 Å². The highest BCUT2D eigenvalue weighted by Gasteiger charge is 2.49. The summed E-state index contributed by atoms with van der Waals surface area (Å²) >= 11 is 0.